The first kappa shape index (κ1) is 16.1. The van der Waals surface area contributed by atoms with Crippen molar-refractivity contribution >= 4 is 11.6 Å². The van der Waals surface area contributed by atoms with Crippen LogP contribution in [0.15, 0.2) is 36.9 Å². The van der Waals surface area contributed by atoms with E-state index in [0.717, 1.165) is 18.1 Å². The zero-order chi connectivity index (χ0) is 17.5. The number of hydrogen-bond acceptors (Lipinski definition) is 5. The molecule has 2 saturated heterocycles. The van der Waals surface area contributed by atoms with Crippen LogP contribution in [0, 0.1) is 11.2 Å². The standard InChI is InChI=1S/C17H18F3N5/c18-13-8-22-15(23-9-13)25-6-3-16(12-25)11-24(7-4-17(16,19)20)14-2-1-5-21-10-14/h1-2,5,8-10H,3-4,6-7,11-12H2/t16-/m1/s1. The number of anilines is 2. The second-order valence-corrected chi connectivity index (χ2v) is 6.74. The molecule has 25 heavy (non-hydrogen) atoms. The minimum Gasteiger partial charge on any atom is -0.369 e. The zero-order valence-corrected chi connectivity index (χ0v) is 13.6. The summed E-state index contributed by atoms with van der Waals surface area (Å²) >= 11 is 0. The van der Waals surface area contributed by atoms with Crippen molar-refractivity contribution in [1.82, 2.24) is 15.0 Å². The Hall–Kier alpha value is -2.38. The molecule has 8 heteroatoms. The van der Waals surface area contributed by atoms with Crippen LogP contribution in [0.25, 0.3) is 0 Å². The van der Waals surface area contributed by atoms with Crippen LogP contribution < -0.4 is 9.80 Å². The molecule has 2 aromatic rings. The molecular formula is C17H18F3N5. The molecule has 1 spiro atoms. The SMILES string of the molecule is Fc1cnc(N2CC[C@@]3(CN(c4cccnc4)CCC3(F)F)C2)nc1. The van der Waals surface area contributed by atoms with E-state index < -0.39 is 17.2 Å². The first-order valence-corrected chi connectivity index (χ1v) is 8.24. The molecule has 2 aromatic heterocycles. The van der Waals surface area contributed by atoms with Gasteiger partial charge in [-0.2, -0.15) is 0 Å². The smallest absolute Gasteiger partial charge is 0.258 e. The summed E-state index contributed by atoms with van der Waals surface area (Å²) in [7, 11) is 0. The molecule has 2 fully saturated rings. The Morgan fingerprint density at radius 1 is 0.960 bits per heavy atom. The number of pyridine rings is 1. The van der Waals surface area contributed by atoms with Gasteiger partial charge in [-0.1, -0.05) is 0 Å². The van der Waals surface area contributed by atoms with Gasteiger partial charge in [0.2, 0.25) is 5.95 Å². The number of piperidine rings is 1. The fraction of sp³-hybridized carbons (Fsp3) is 0.471. The Bertz CT molecular complexity index is 740. The summed E-state index contributed by atoms with van der Waals surface area (Å²) in [5.74, 6) is -3.00. The van der Waals surface area contributed by atoms with Crippen molar-refractivity contribution in [3.63, 3.8) is 0 Å². The Morgan fingerprint density at radius 3 is 2.40 bits per heavy atom. The minimum atomic E-state index is -2.76. The van der Waals surface area contributed by atoms with E-state index in [-0.39, 0.29) is 19.5 Å². The Balaban J connectivity index is 1.59. The van der Waals surface area contributed by atoms with Crippen molar-refractivity contribution in [3.8, 4) is 0 Å². The number of hydrogen-bond donors (Lipinski definition) is 0. The van der Waals surface area contributed by atoms with E-state index >= 15 is 0 Å². The number of rotatable bonds is 2. The number of halogens is 3. The van der Waals surface area contributed by atoms with E-state index in [1.165, 1.54) is 0 Å². The molecule has 1 atom stereocenters. The molecule has 0 amide bonds. The fourth-order valence-electron chi connectivity index (χ4n) is 3.80. The van der Waals surface area contributed by atoms with Gasteiger partial charge in [0.1, 0.15) is 0 Å². The number of alkyl halides is 2. The van der Waals surface area contributed by atoms with Crippen LogP contribution in [-0.4, -0.2) is 47.1 Å². The molecule has 0 unspecified atom stereocenters. The lowest BCUT2D eigenvalue weighted by Gasteiger charge is -2.46. The zero-order valence-electron chi connectivity index (χ0n) is 13.6. The lowest BCUT2D eigenvalue weighted by atomic mass is 9.75. The molecule has 2 aliphatic heterocycles. The average Bonchev–Trinajstić information content (AvgIpc) is 3.05. The van der Waals surface area contributed by atoms with Crippen LogP contribution in [0.1, 0.15) is 12.8 Å². The van der Waals surface area contributed by atoms with Gasteiger partial charge < -0.3 is 9.80 Å². The topological polar surface area (TPSA) is 45.2 Å². The van der Waals surface area contributed by atoms with Crippen molar-refractivity contribution in [2.75, 3.05) is 36.0 Å². The highest BCUT2D eigenvalue weighted by molar-refractivity contribution is 5.46. The third kappa shape index (κ3) is 2.79. The minimum absolute atomic E-state index is 0.155. The van der Waals surface area contributed by atoms with Crippen molar-refractivity contribution < 1.29 is 13.2 Å². The monoisotopic (exact) mass is 349 g/mol. The summed E-state index contributed by atoms with van der Waals surface area (Å²) in [5, 5.41) is 0. The van der Waals surface area contributed by atoms with Gasteiger partial charge in [0, 0.05) is 38.8 Å². The number of aromatic nitrogens is 3. The van der Waals surface area contributed by atoms with Gasteiger partial charge in [-0.3, -0.25) is 4.98 Å². The highest BCUT2D eigenvalue weighted by Crippen LogP contribution is 2.50. The summed E-state index contributed by atoms with van der Waals surface area (Å²) in [6, 6.07) is 3.70. The maximum atomic E-state index is 14.8. The van der Waals surface area contributed by atoms with E-state index in [1.54, 1.807) is 17.3 Å². The summed E-state index contributed by atoms with van der Waals surface area (Å²) in [5.41, 5.74) is -0.312. The fourth-order valence-corrected chi connectivity index (χ4v) is 3.80. The van der Waals surface area contributed by atoms with Gasteiger partial charge in [0.05, 0.1) is 29.7 Å². The van der Waals surface area contributed by atoms with Crippen LogP contribution in [0.3, 0.4) is 0 Å². The normalized spacial score (nSPS) is 25.6. The molecule has 0 aliphatic carbocycles. The lowest BCUT2D eigenvalue weighted by molar-refractivity contribution is -0.124. The molecule has 0 N–H and O–H groups in total. The molecule has 2 aliphatic rings. The van der Waals surface area contributed by atoms with Crippen molar-refractivity contribution in [1.29, 1.82) is 0 Å². The third-order valence-corrected chi connectivity index (χ3v) is 5.22. The largest absolute Gasteiger partial charge is 0.369 e. The summed E-state index contributed by atoms with van der Waals surface area (Å²) < 4.78 is 42.7. The van der Waals surface area contributed by atoms with Crippen LogP contribution in [-0.2, 0) is 0 Å². The molecule has 132 valence electrons. The Labute approximate surface area is 143 Å². The van der Waals surface area contributed by atoms with Crippen molar-refractivity contribution in [3.05, 3.63) is 42.7 Å². The first-order chi connectivity index (χ1) is 12.0. The lowest BCUT2D eigenvalue weighted by Crippen LogP contribution is -2.57. The van der Waals surface area contributed by atoms with E-state index in [4.69, 9.17) is 0 Å². The summed E-state index contributed by atoms with van der Waals surface area (Å²) in [6.07, 6.45) is 5.65. The van der Waals surface area contributed by atoms with Crippen LogP contribution in [0.4, 0.5) is 24.8 Å². The molecule has 0 radical (unpaired) electrons. The highest BCUT2D eigenvalue weighted by Gasteiger charge is 2.59. The summed E-state index contributed by atoms with van der Waals surface area (Å²) in [6.45, 7) is 1.14. The van der Waals surface area contributed by atoms with Crippen molar-refractivity contribution in [2.45, 2.75) is 18.8 Å². The van der Waals surface area contributed by atoms with E-state index in [0.29, 0.717) is 25.5 Å². The molecular weight excluding hydrogens is 331 g/mol. The quantitative estimate of drug-likeness (QED) is 0.834. The third-order valence-electron chi connectivity index (χ3n) is 5.22. The molecule has 0 saturated carbocycles. The average molecular weight is 349 g/mol. The van der Waals surface area contributed by atoms with Crippen LogP contribution in [0.2, 0.25) is 0 Å². The van der Waals surface area contributed by atoms with Crippen molar-refractivity contribution in [2.24, 2.45) is 5.41 Å². The maximum Gasteiger partial charge on any atom is 0.258 e. The molecule has 0 aromatic carbocycles. The second-order valence-electron chi connectivity index (χ2n) is 6.74. The molecule has 4 heterocycles. The van der Waals surface area contributed by atoms with Crippen LogP contribution in [0.5, 0.6) is 0 Å². The molecule has 5 nitrogen and oxygen atoms in total. The Kier molecular flexibility index (Phi) is 3.77. The predicted molar refractivity (Wildman–Crippen MR) is 87.3 cm³/mol. The van der Waals surface area contributed by atoms with E-state index in [2.05, 4.69) is 15.0 Å². The van der Waals surface area contributed by atoms with Gasteiger partial charge in [-0.05, 0) is 18.6 Å². The van der Waals surface area contributed by atoms with E-state index in [1.807, 2.05) is 17.0 Å². The van der Waals surface area contributed by atoms with Gasteiger partial charge in [-0.15, -0.1) is 0 Å². The molecule has 4 rings (SSSR count). The summed E-state index contributed by atoms with van der Waals surface area (Å²) in [4.78, 5) is 15.6. The van der Waals surface area contributed by atoms with Gasteiger partial charge in [0.15, 0.2) is 5.82 Å². The Morgan fingerprint density at radius 2 is 1.68 bits per heavy atom. The predicted octanol–water partition coefficient (Wildman–Crippen LogP) is 2.75. The first-order valence-electron chi connectivity index (χ1n) is 8.24. The second kappa shape index (κ2) is 5.86. The molecule has 0 bridgehead atoms. The van der Waals surface area contributed by atoms with Gasteiger partial charge in [0.25, 0.3) is 5.92 Å². The van der Waals surface area contributed by atoms with Crippen LogP contribution >= 0.6 is 0 Å². The van der Waals surface area contributed by atoms with Gasteiger partial charge in [-0.25, -0.2) is 23.1 Å². The number of nitrogens with zero attached hydrogens (tertiary/aromatic N) is 5. The maximum absolute atomic E-state index is 14.8. The highest BCUT2D eigenvalue weighted by atomic mass is 19.3. The van der Waals surface area contributed by atoms with E-state index in [9.17, 15) is 13.2 Å². The van der Waals surface area contributed by atoms with Gasteiger partial charge >= 0.3 is 0 Å².